The van der Waals surface area contributed by atoms with Crippen LogP contribution in [0.15, 0.2) is 24.3 Å². The lowest BCUT2D eigenvalue weighted by Gasteiger charge is -2.39. The summed E-state index contributed by atoms with van der Waals surface area (Å²) < 4.78 is 0. The molecule has 1 aliphatic heterocycles. The van der Waals surface area contributed by atoms with Gasteiger partial charge in [-0.3, -0.25) is 4.79 Å². The number of amides is 1. The van der Waals surface area contributed by atoms with E-state index in [4.69, 9.17) is 0 Å². The van der Waals surface area contributed by atoms with E-state index in [1.807, 2.05) is 6.07 Å². The number of fused-ring (bicyclic) bond motifs is 1. The van der Waals surface area contributed by atoms with Crippen LogP contribution in [0.25, 0.3) is 0 Å². The molecule has 0 atom stereocenters. The van der Waals surface area contributed by atoms with E-state index in [1.54, 1.807) is 0 Å². The molecule has 21 heavy (non-hydrogen) atoms. The van der Waals surface area contributed by atoms with E-state index in [9.17, 15) is 4.79 Å². The summed E-state index contributed by atoms with van der Waals surface area (Å²) in [7, 11) is 0. The molecular weight excluding hydrogens is 278 g/mol. The van der Waals surface area contributed by atoms with Crippen LogP contribution in [0.3, 0.4) is 0 Å². The van der Waals surface area contributed by atoms with Crippen molar-refractivity contribution in [2.45, 2.75) is 51.4 Å². The zero-order chi connectivity index (χ0) is 14.7. The highest BCUT2D eigenvalue weighted by atomic mass is 32.1. The number of carbonyl (C=O) groups excluding carboxylic acids is 1. The molecule has 0 bridgehead atoms. The van der Waals surface area contributed by atoms with Crippen molar-refractivity contribution in [1.82, 2.24) is 0 Å². The summed E-state index contributed by atoms with van der Waals surface area (Å²) in [5.41, 5.74) is 2.67. The molecule has 1 aromatic rings. The molecule has 0 unspecified atom stereocenters. The van der Waals surface area contributed by atoms with Crippen molar-refractivity contribution >= 4 is 24.2 Å². The zero-order valence-electron chi connectivity index (χ0n) is 12.7. The van der Waals surface area contributed by atoms with Gasteiger partial charge in [0, 0.05) is 18.7 Å². The van der Waals surface area contributed by atoms with Crippen LogP contribution in [0.5, 0.6) is 0 Å². The lowest BCUT2D eigenvalue weighted by atomic mass is 9.81. The summed E-state index contributed by atoms with van der Waals surface area (Å²) >= 11 is 4.66. The Morgan fingerprint density at radius 2 is 1.76 bits per heavy atom. The second kappa shape index (κ2) is 6.43. The quantitative estimate of drug-likeness (QED) is 0.654. The molecule has 2 nitrogen and oxygen atoms in total. The number of benzene rings is 1. The van der Waals surface area contributed by atoms with Crippen LogP contribution in [-0.4, -0.2) is 18.2 Å². The summed E-state index contributed by atoms with van der Waals surface area (Å²) in [6.45, 7) is 0.854. The van der Waals surface area contributed by atoms with Gasteiger partial charge in [-0.25, -0.2) is 0 Å². The Hall–Kier alpha value is -0.960. The van der Waals surface area contributed by atoms with Crippen molar-refractivity contribution in [3.05, 3.63) is 29.8 Å². The Morgan fingerprint density at radius 3 is 2.48 bits per heavy atom. The molecule has 114 valence electrons. The number of aryl methyl sites for hydroxylation is 1. The van der Waals surface area contributed by atoms with Crippen molar-refractivity contribution in [3.63, 3.8) is 0 Å². The van der Waals surface area contributed by atoms with E-state index in [-0.39, 0.29) is 5.41 Å². The topological polar surface area (TPSA) is 20.3 Å². The third-order valence-corrected chi connectivity index (χ3v) is 5.86. The predicted molar refractivity (Wildman–Crippen MR) is 91.1 cm³/mol. The average molecular weight is 303 g/mol. The summed E-state index contributed by atoms with van der Waals surface area (Å²) in [5, 5.41) is 0. The van der Waals surface area contributed by atoms with E-state index < -0.39 is 0 Å². The Labute approximate surface area is 133 Å². The maximum Gasteiger partial charge on any atom is 0.227 e. The Bertz CT molecular complexity index is 506. The number of para-hydroxylation sites is 1. The summed E-state index contributed by atoms with van der Waals surface area (Å²) in [5.74, 6) is 1.18. The number of rotatable bonds is 3. The van der Waals surface area contributed by atoms with E-state index in [2.05, 4.69) is 35.7 Å². The van der Waals surface area contributed by atoms with Crippen LogP contribution in [0.1, 0.15) is 50.5 Å². The van der Waals surface area contributed by atoms with Gasteiger partial charge in [-0.05, 0) is 42.1 Å². The number of hydrogen-bond donors (Lipinski definition) is 1. The van der Waals surface area contributed by atoms with Gasteiger partial charge < -0.3 is 4.90 Å². The largest absolute Gasteiger partial charge is 0.312 e. The SMILES string of the molecule is O=C1CCc2ccccc2N1CC1(CS)CCCCCC1. The number of hydrogen-bond acceptors (Lipinski definition) is 2. The Kier molecular flexibility index (Phi) is 4.58. The highest BCUT2D eigenvalue weighted by Gasteiger charge is 2.35. The molecule has 3 rings (SSSR count). The van der Waals surface area contributed by atoms with Crippen molar-refractivity contribution in [1.29, 1.82) is 0 Å². The second-order valence-electron chi connectivity index (χ2n) is 6.68. The maximum absolute atomic E-state index is 12.5. The van der Waals surface area contributed by atoms with E-state index >= 15 is 0 Å². The van der Waals surface area contributed by atoms with Crippen LogP contribution >= 0.6 is 12.6 Å². The van der Waals surface area contributed by atoms with E-state index in [0.29, 0.717) is 12.3 Å². The van der Waals surface area contributed by atoms with E-state index in [0.717, 1.165) is 24.4 Å². The van der Waals surface area contributed by atoms with Crippen LogP contribution < -0.4 is 4.90 Å². The minimum atomic E-state index is 0.208. The fourth-order valence-corrected chi connectivity index (χ4v) is 4.27. The zero-order valence-corrected chi connectivity index (χ0v) is 13.6. The van der Waals surface area contributed by atoms with Crippen LogP contribution in [0.2, 0.25) is 0 Å². The third kappa shape index (κ3) is 3.13. The molecule has 0 radical (unpaired) electrons. The van der Waals surface area contributed by atoms with Crippen molar-refractivity contribution < 1.29 is 4.79 Å². The molecule has 0 aromatic heterocycles. The van der Waals surface area contributed by atoms with Gasteiger partial charge >= 0.3 is 0 Å². The molecule has 1 fully saturated rings. The fourth-order valence-electron chi connectivity index (χ4n) is 3.85. The van der Waals surface area contributed by atoms with Gasteiger partial charge in [0.1, 0.15) is 0 Å². The van der Waals surface area contributed by atoms with Gasteiger partial charge in [0.15, 0.2) is 0 Å². The standard InChI is InChI=1S/C18H25NOS/c20-17-10-9-15-7-3-4-8-16(15)19(17)13-18(14-21)11-5-1-2-6-12-18/h3-4,7-8,21H,1-2,5-6,9-14H2. The Balaban J connectivity index is 1.86. The normalized spacial score (nSPS) is 21.8. The molecule has 0 N–H and O–H groups in total. The number of nitrogens with zero attached hydrogens (tertiary/aromatic N) is 1. The summed E-state index contributed by atoms with van der Waals surface area (Å²) in [6, 6.07) is 8.39. The molecule has 0 saturated heterocycles. The van der Waals surface area contributed by atoms with Gasteiger partial charge in [-0.1, -0.05) is 43.9 Å². The van der Waals surface area contributed by atoms with Gasteiger partial charge in [0.25, 0.3) is 0 Å². The average Bonchev–Trinajstić information content (AvgIpc) is 2.76. The third-order valence-electron chi connectivity index (χ3n) is 5.18. The first kappa shape index (κ1) is 15.0. The van der Waals surface area contributed by atoms with Crippen LogP contribution in [-0.2, 0) is 11.2 Å². The highest BCUT2D eigenvalue weighted by Crippen LogP contribution is 2.39. The highest BCUT2D eigenvalue weighted by molar-refractivity contribution is 7.80. The minimum Gasteiger partial charge on any atom is -0.312 e. The summed E-state index contributed by atoms with van der Waals surface area (Å²) in [4.78, 5) is 14.5. The lowest BCUT2D eigenvalue weighted by Crippen LogP contribution is -2.44. The van der Waals surface area contributed by atoms with Gasteiger partial charge in [-0.2, -0.15) is 12.6 Å². The van der Waals surface area contributed by atoms with Gasteiger partial charge in [0.05, 0.1) is 0 Å². The lowest BCUT2D eigenvalue weighted by molar-refractivity contribution is -0.119. The molecule has 1 amide bonds. The minimum absolute atomic E-state index is 0.208. The molecule has 1 aromatic carbocycles. The van der Waals surface area contributed by atoms with Crippen molar-refractivity contribution in [3.8, 4) is 0 Å². The first-order chi connectivity index (χ1) is 10.2. The molecule has 1 aliphatic carbocycles. The van der Waals surface area contributed by atoms with Gasteiger partial charge in [-0.15, -0.1) is 0 Å². The smallest absolute Gasteiger partial charge is 0.227 e. The molecular formula is C18H25NOS. The van der Waals surface area contributed by atoms with E-state index in [1.165, 1.54) is 44.1 Å². The first-order valence-electron chi connectivity index (χ1n) is 8.23. The molecule has 2 aliphatic rings. The fraction of sp³-hybridized carbons (Fsp3) is 0.611. The first-order valence-corrected chi connectivity index (χ1v) is 8.86. The number of carbonyl (C=O) groups is 1. The van der Waals surface area contributed by atoms with Crippen molar-refractivity contribution in [2.24, 2.45) is 5.41 Å². The molecule has 0 spiro atoms. The number of anilines is 1. The van der Waals surface area contributed by atoms with Crippen molar-refractivity contribution in [2.75, 3.05) is 17.2 Å². The molecule has 3 heteroatoms. The molecule has 1 heterocycles. The number of thiol groups is 1. The van der Waals surface area contributed by atoms with Crippen LogP contribution in [0, 0.1) is 5.41 Å². The van der Waals surface area contributed by atoms with Crippen LogP contribution in [0.4, 0.5) is 5.69 Å². The Morgan fingerprint density at radius 1 is 1.05 bits per heavy atom. The molecule has 1 saturated carbocycles. The second-order valence-corrected chi connectivity index (χ2v) is 7.00. The summed E-state index contributed by atoms with van der Waals surface area (Å²) in [6.07, 6.45) is 9.19. The maximum atomic E-state index is 12.5. The van der Waals surface area contributed by atoms with Gasteiger partial charge in [0.2, 0.25) is 5.91 Å². The predicted octanol–water partition coefficient (Wildman–Crippen LogP) is 4.24. The monoisotopic (exact) mass is 303 g/mol.